The van der Waals surface area contributed by atoms with Gasteiger partial charge < -0.3 is 5.11 Å². The summed E-state index contributed by atoms with van der Waals surface area (Å²) in [5.74, 6) is -10.6. The summed E-state index contributed by atoms with van der Waals surface area (Å²) >= 11 is 1.34. The largest absolute Gasteiger partial charge is 0.480 e. The molecule has 0 aromatic heterocycles. The van der Waals surface area contributed by atoms with Crippen molar-refractivity contribution >= 4 is 17.7 Å². The van der Waals surface area contributed by atoms with Crippen molar-refractivity contribution in [2.45, 2.75) is 12.6 Å². The molecule has 0 bridgehead atoms. The van der Waals surface area contributed by atoms with E-state index in [0.29, 0.717) is 5.75 Å². The van der Waals surface area contributed by atoms with Gasteiger partial charge in [0.2, 0.25) is 5.82 Å². The molecule has 1 aliphatic rings. The van der Waals surface area contributed by atoms with Gasteiger partial charge in [-0.1, -0.05) is 0 Å². The summed E-state index contributed by atoms with van der Waals surface area (Å²) in [6.45, 7) is -0.468. The number of thioether (sulfide) groups is 1. The third-order valence-corrected chi connectivity index (χ3v) is 4.21. The number of carboxylic acid groups (broad SMARTS) is 1. The van der Waals surface area contributed by atoms with Gasteiger partial charge in [-0.3, -0.25) is 9.69 Å². The Morgan fingerprint density at radius 3 is 2.14 bits per heavy atom. The topological polar surface area (TPSA) is 40.5 Å². The Labute approximate surface area is 120 Å². The van der Waals surface area contributed by atoms with E-state index in [1.165, 1.54) is 16.7 Å². The zero-order valence-corrected chi connectivity index (χ0v) is 11.3. The monoisotopic (exact) mass is 327 g/mol. The van der Waals surface area contributed by atoms with Crippen LogP contribution < -0.4 is 0 Å². The van der Waals surface area contributed by atoms with E-state index in [2.05, 4.69) is 0 Å². The van der Waals surface area contributed by atoms with Crippen molar-refractivity contribution in [2.24, 2.45) is 0 Å². The van der Waals surface area contributed by atoms with E-state index in [0.717, 1.165) is 0 Å². The van der Waals surface area contributed by atoms with E-state index in [1.54, 1.807) is 0 Å². The fourth-order valence-corrected chi connectivity index (χ4v) is 3.15. The average molecular weight is 327 g/mol. The van der Waals surface area contributed by atoms with Gasteiger partial charge in [0.1, 0.15) is 6.04 Å². The number of carboxylic acids is 1. The Morgan fingerprint density at radius 2 is 1.62 bits per heavy atom. The summed E-state index contributed by atoms with van der Waals surface area (Å²) in [5.41, 5.74) is -1.01. The van der Waals surface area contributed by atoms with E-state index < -0.39 is 53.2 Å². The van der Waals surface area contributed by atoms with Crippen molar-refractivity contribution in [1.82, 2.24) is 4.90 Å². The third-order valence-electron chi connectivity index (χ3n) is 3.19. The second kappa shape index (κ2) is 6.18. The Morgan fingerprint density at radius 1 is 1.10 bits per heavy atom. The van der Waals surface area contributed by atoms with Crippen molar-refractivity contribution in [3.63, 3.8) is 0 Å². The van der Waals surface area contributed by atoms with Gasteiger partial charge in [-0.2, -0.15) is 11.8 Å². The first-order valence-corrected chi connectivity index (χ1v) is 7.05. The van der Waals surface area contributed by atoms with Crippen molar-refractivity contribution < 1.29 is 31.9 Å². The average Bonchev–Trinajstić information content (AvgIpc) is 2.48. The van der Waals surface area contributed by atoms with Gasteiger partial charge in [0.15, 0.2) is 23.3 Å². The van der Waals surface area contributed by atoms with Gasteiger partial charge in [-0.15, -0.1) is 0 Å². The quantitative estimate of drug-likeness (QED) is 0.526. The molecule has 0 radical (unpaired) electrons. The van der Waals surface area contributed by atoms with E-state index in [-0.39, 0.29) is 12.3 Å². The zero-order valence-electron chi connectivity index (χ0n) is 10.5. The van der Waals surface area contributed by atoms with Crippen molar-refractivity contribution in [1.29, 1.82) is 0 Å². The van der Waals surface area contributed by atoms with Crippen LogP contribution in [0.1, 0.15) is 5.56 Å². The lowest BCUT2D eigenvalue weighted by atomic mass is 10.1. The molecule has 1 N–H and O–H groups in total. The molecule has 1 aliphatic heterocycles. The first-order chi connectivity index (χ1) is 9.84. The summed E-state index contributed by atoms with van der Waals surface area (Å²) in [6.07, 6.45) is 0. The molecule has 1 aromatic carbocycles. The molecule has 1 unspecified atom stereocenters. The lowest BCUT2D eigenvalue weighted by Gasteiger charge is -2.32. The molecule has 0 spiro atoms. The highest BCUT2D eigenvalue weighted by Gasteiger charge is 2.32. The van der Waals surface area contributed by atoms with E-state index in [9.17, 15) is 26.7 Å². The van der Waals surface area contributed by atoms with Crippen LogP contribution in [0.4, 0.5) is 22.0 Å². The van der Waals surface area contributed by atoms with Crippen LogP contribution in [0.3, 0.4) is 0 Å². The molecule has 116 valence electrons. The molecule has 0 saturated carbocycles. The van der Waals surface area contributed by atoms with Crippen LogP contribution in [-0.2, 0) is 11.3 Å². The molecule has 0 amide bonds. The number of nitrogens with zero attached hydrogens (tertiary/aromatic N) is 1. The molecule has 1 aromatic rings. The maximum absolute atomic E-state index is 13.6. The predicted octanol–water partition coefficient (Wildman–Crippen LogP) is 2.38. The Kier molecular flexibility index (Phi) is 4.72. The van der Waals surface area contributed by atoms with Crippen LogP contribution in [0.15, 0.2) is 0 Å². The molecule has 1 heterocycles. The number of rotatable bonds is 3. The third kappa shape index (κ3) is 2.98. The second-order valence-corrected chi connectivity index (χ2v) is 5.60. The molecular weight excluding hydrogens is 317 g/mol. The fraction of sp³-hybridized carbons (Fsp3) is 0.417. The van der Waals surface area contributed by atoms with Crippen LogP contribution in [-0.4, -0.2) is 40.1 Å². The van der Waals surface area contributed by atoms with Gasteiger partial charge in [0.05, 0.1) is 0 Å². The van der Waals surface area contributed by atoms with Crippen LogP contribution in [0.5, 0.6) is 0 Å². The number of benzene rings is 1. The highest BCUT2D eigenvalue weighted by molar-refractivity contribution is 7.99. The van der Waals surface area contributed by atoms with E-state index in [1.807, 2.05) is 0 Å². The SMILES string of the molecule is O=C(O)C1CSCCN1Cc1c(F)c(F)c(F)c(F)c1F. The summed E-state index contributed by atoms with van der Waals surface area (Å²) < 4.78 is 66.3. The van der Waals surface area contributed by atoms with Gasteiger partial charge in [-0.25, -0.2) is 22.0 Å². The highest BCUT2D eigenvalue weighted by Crippen LogP contribution is 2.26. The van der Waals surface area contributed by atoms with Crippen molar-refractivity contribution in [3.8, 4) is 0 Å². The molecule has 9 heteroatoms. The van der Waals surface area contributed by atoms with Crippen molar-refractivity contribution in [2.75, 3.05) is 18.1 Å². The number of hydrogen-bond donors (Lipinski definition) is 1. The molecule has 0 aliphatic carbocycles. The predicted molar refractivity (Wildman–Crippen MR) is 65.4 cm³/mol. The Hall–Kier alpha value is -1.35. The second-order valence-electron chi connectivity index (χ2n) is 4.45. The Balaban J connectivity index is 2.37. The van der Waals surface area contributed by atoms with Gasteiger partial charge >= 0.3 is 5.97 Å². The van der Waals surface area contributed by atoms with Crippen LogP contribution in [0.25, 0.3) is 0 Å². The normalized spacial score (nSPS) is 19.8. The number of halogens is 5. The number of carbonyl (C=O) groups is 1. The van der Waals surface area contributed by atoms with E-state index in [4.69, 9.17) is 5.11 Å². The van der Waals surface area contributed by atoms with Gasteiger partial charge in [-0.05, 0) is 0 Å². The smallest absolute Gasteiger partial charge is 0.321 e. The molecule has 1 saturated heterocycles. The maximum atomic E-state index is 13.6. The van der Waals surface area contributed by atoms with Crippen LogP contribution in [0.2, 0.25) is 0 Å². The molecule has 2 rings (SSSR count). The number of aliphatic carboxylic acids is 1. The molecular formula is C12H10F5NO2S. The standard InChI is InChI=1S/C12H10F5NO2S/c13-7-5(8(14)10(16)11(17)9(7)15)3-18-1-2-21-4-6(18)12(19)20/h6H,1-4H2,(H,19,20). The minimum Gasteiger partial charge on any atom is -0.480 e. The number of hydrogen-bond acceptors (Lipinski definition) is 3. The van der Waals surface area contributed by atoms with Gasteiger partial charge in [0.25, 0.3) is 0 Å². The lowest BCUT2D eigenvalue weighted by molar-refractivity contribution is -0.142. The fourth-order valence-electron chi connectivity index (χ4n) is 2.05. The summed E-state index contributed by atoms with van der Waals surface area (Å²) in [6, 6.07) is -1.03. The van der Waals surface area contributed by atoms with Gasteiger partial charge in [0, 0.05) is 30.2 Å². The first kappa shape index (κ1) is 16.0. The van der Waals surface area contributed by atoms with Crippen LogP contribution >= 0.6 is 11.8 Å². The molecule has 1 atom stereocenters. The molecule has 21 heavy (non-hydrogen) atoms. The summed E-state index contributed by atoms with van der Waals surface area (Å²) in [5, 5.41) is 9.03. The summed E-state index contributed by atoms with van der Waals surface area (Å²) in [4.78, 5) is 12.3. The zero-order chi connectivity index (χ0) is 15.7. The highest BCUT2D eigenvalue weighted by atomic mass is 32.2. The maximum Gasteiger partial charge on any atom is 0.321 e. The van der Waals surface area contributed by atoms with E-state index >= 15 is 0 Å². The van der Waals surface area contributed by atoms with Crippen LogP contribution in [0, 0.1) is 29.1 Å². The van der Waals surface area contributed by atoms with Crippen molar-refractivity contribution in [3.05, 3.63) is 34.6 Å². The lowest BCUT2D eigenvalue weighted by Crippen LogP contribution is -2.47. The minimum atomic E-state index is -2.22. The molecule has 1 fully saturated rings. The minimum absolute atomic E-state index is 0.182. The first-order valence-electron chi connectivity index (χ1n) is 5.89. The Bertz CT molecular complexity index is 554. The molecule has 3 nitrogen and oxygen atoms in total. The summed E-state index contributed by atoms with van der Waals surface area (Å²) in [7, 11) is 0.